The molecule has 0 aliphatic heterocycles. The van der Waals surface area contributed by atoms with Crippen LogP contribution in [-0.4, -0.2) is 17.6 Å². The van der Waals surface area contributed by atoms with Crippen LogP contribution in [0, 0.1) is 17.3 Å². The molecule has 0 bridgehead atoms. The van der Waals surface area contributed by atoms with Gasteiger partial charge in [0.05, 0.1) is 18.7 Å². The van der Waals surface area contributed by atoms with Crippen LogP contribution in [0.2, 0.25) is 0 Å². The Morgan fingerprint density at radius 2 is 2.25 bits per heavy atom. The molecule has 1 aromatic rings. The fraction of sp³-hybridized carbons (Fsp3) is 0.562. The van der Waals surface area contributed by atoms with Crippen LogP contribution in [0.1, 0.15) is 39.6 Å². The van der Waals surface area contributed by atoms with Gasteiger partial charge in [-0.3, -0.25) is 4.79 Å². The highest BCUT2D eigenvalue weighted by Gasteiger charge is 2.60. The second-order valence-corrected chi connectivity index (χ2v) is 6.35. The highest BCUT2D eigenvalue weighted by atomic mass is 16.4. The van der Waals surface area contributed by atoms with Gasteiger partial charge in [-0.15, -0.1) is 0 Å². The van der Waals surface area contributed by atoms with E-state index in [0.717, 1.165) is 0 Å². The maximum absolute atomic E-state index is 12.2. The van der Waals surface area contributed by atoms with Crippen molar-refractivity contribution in [1.29, 1.82) is 0 Å². The van der Waals surface area contributed by atoms with E-state index in [1.165, 1.54) is 11.8 Å². The first kappa shape index (κ1) is 14.9. The summed E-state index contributed by atoms with van der Waals surface area (Å²) in [6, 6.07) is 3.42. The maximum Gasteiger partial charge on any atom is 0.224 e. The van der Waals surface area contributed by atoms with Crippen LogP contribution in [0.3, 0.4) is 0 Å². The fourth-order valence-electron chi connectivity index (χ4n) is 2.74. The zero-order valence-electron chi connectivity index (χ0n) is 12.5. The van der Waals surface area contributed by atoms with E-state index in [2.05, 4.69) is 25.2 Å². The minimum absolute atomic E-state index is 0.00288. The van der Waals surface area contributed by atoms with Crippen LogP contribution in [0.25, 0.3) is 0 Å². The number of rotatable bonds is 5. The lowest BCUT2D eigenvalue weighted by Gasteiger charge is -2.10. The predicted octanol–water partition coefficient (Wildman–Crippen LogP) is 2.67. The molecule has 1 aliphatic carbocycles. The molecule has 20 heavy (non-hydrogen) atoms. The van der Waals surface area contributed by atoms with Crippen molar-refractivity contribution in [2.75, 3.05) is 6.54 Å². The van der Waals surface area contributed by atoms with Crippen LogP contribution in [0.5, 0.6) is 0 Å². The standard InChI is InChI=1S/C16H23NO3/c1-10(2)8-11-14(16(11,3)4)15(19)17-9-12(18)13-6-5-7-20-13/h5-8,11-12,14,18H,9H2,1-4H3,(H,17,19). The average molecular weight is 277 g/mol. The summed E-state index contributed by atoms with van der Waals surface area (Å²) in [5.41, 5.74) is 1.23. The smallest absolute Gasteiger partial charge is 0.224 e. The van der Waals surface area contributed by atoms with Crippen molar-refractivity contribution in [3.63, 3.8) is 0 Å². The van der Waals surface area contributed by atoms with Crippen LogP contribution >= 0.6 is 0 Å². The fourth-order valence-corrected chi connectivity index (χ4v) is 2.74. The van der Waals surface area contributed by atoms with Gasteiger partial charge in [0, 0.05) is 0 Å². The minimum Gasteiger partial charge on any atom is -0.467 e. The molecular weight excluding hydrogens is 254 g/mol. The number of hydrogen-bond donors (Lipinski definition) is 2. The van der Waals surface area contributed by atoms with E-state index in [1.807, 2.05) is 13.8 Å². The maximum atomic E-state index is 12.2. The summed E-state index contributed by atoms with van der Waals surface area (Å²) < 4.78 is 5.11. The zero-order chi connectivity index (χ0) is 14.9. The lowest BCUT2D eigenvalue weighted by atomic mass is 10.1. The van der Waals surface area contributed by atoms with Gasteiger partial charge in [-0.2, -0.15) is 0 Å². The van der Waals surface area contributed by atoms with Gasteiger partial charge >= 0.3 is 0 Å². The summed E-state index contributed by atoms with van der Waals surface area (Å²) in [7, 11) is 0. The Kier molecular flexibility index (Phi) is 4.04. The Labute approximate surface area is 119 Å². The van der Waals surface area contributed by atoms with E-state index in [1.54, 1.807) is 12.1 Å². The Hall–Kier alpha value is -1.55. The normalized spacial score (nSPS) is 24.9. The van der Waals surface area contributed by atoms with E-state index in [-0.39, 0.29) is 29.7 Å². The number of aliphatic hydroxyl groups excluding tert-OH is 1. The first-order valence-corrected chi connectivity index (χ1v) is 6.98. The van der Waals surface area contributed by atoms with Gasteiger partial charge in [-0.25, -0.2) is 0 Å². The molecular formula is C16H23NO3. The first-order valence-electron chi connectivity index (χ1n) is 6.98. The summed E-state index contributed by atoms with van der Waals surface area (Å²) >= 11 is 0. The summed E-state index contributed by atoms with van der Waals surface area (Å²) in [6.45, 7) is 8.48. The average Bonchev–Trinajstić information content (AvgIpc) is 2.79. The zero-order valence-corrected chi connectivity index (χ0v) is 12.5. The number of nitrogens with one attached hydrogen (secondary N) is 1. The third kappa shape index (κ3) is 2.96. The van der Waals surface area contributed by atoms with E-state index in [4.69, 9.17) is 4.42 Å². The molecule has 1 aliphatic rings. The second-order valence-electron chi connectivity index (χ2n) is 6.35. The van der Waals surface area contributed by atoms with E-state index < -0.39 is 6.10 Å². The van der Waals surface area contributed by atoms with Crippen LogP contribution in [0.15, 0.2) is 34.5 Å². The summed E-state index contributed by atoms with van der Waals surface area (Å²) in [5.74, 6) is 0.749. The van der Waals surface area contributed by atoms with Gasteiger partial charge in [0.25, 0.3) is 0 Å². The summed E-state index contributed by atoms with van der Waals surface area (Å²) in [4.78, 5) is 12.2. The number of carbonyl (C=O) groups is 1. The summed E-state index contributed by atoms with van der Waals surface area (Å²) in [5, 5.41) is 12.7. The number of furan rings is 1. The van der Waals surface area contributed by atoms with E-state index in [9.17, 15) is 9.90 Å². The lowest BCUT2D eigenvalue weighted by molar-refractivity contribution is -0.123. The van der Waals surface area contributed by atoms with Crippen molar-refractivity contribution in [2.24, 2.45) is 17.3 Å². The predicted molar refractivity (Wildman–Crippen MR) is 76.9 cm³/mol. The van der Waals surface area contributed by atoms with Crippen LogP contribution in [0.4, 0.5) is 0 Å². The van der Waals surface area contributed by atoms with Crippen molar-refractivity contribution < 1.29 is 14.3 Å². The second kappa shape index (κ2) is 5.44. The molecule has 4 nitrogen and oxygen atoms in total. The number of allylic oxidation sites excluding steroid dienone is 2. The number of aliphatic hydroxyl groups is 1. The van der Waals surface area contributed by atoms with Crippen LogP contribution < -0.4 is 5.32 Å². The molecule has 3 atom stereocenters. The third-order valence-electron chi connectivity index (χ3n) is 4.05. The van der Waals surface area contributed by atoms with Crippen molar-refractivity contribution in [3.8, 4) is 0 Å². The minimum atomic E-state index is -0.794. The van der Waals surface area contributed by atoms with Gasteiger partial charge in [-0.05, 0) is 37.3 Å². The van der Waals surface area contributed by atoms with Gasteiger partial charge in [-0.1, -0.05) is 25.5 Å². The molecule has 1 fully saturated rings. The highest BCUT2D eigenvalue weighted by Crippen LogP contribution is 2.59. The molecule has 2 N–H and O–H groups in total. The molecule has 0 aromatic carbocycles. The van der Waals surface area contributed by atoms with E-state index in [0.29, 0.717) is 5.76 Å². The number of carbonyl (C=O) groups excluding carboxylic acids is 1. The van der Waals surface area contributed by atoms with Crippen molar-refractivity contribution in [1.82, 2.24) is 5.32 Å². The summed E-state index contributed by atoms with van der Waals surface area (Å²) in [6.07, 6.45) is 2.88. The largest absolute Gasteiger partial charge is 0.467 e. The number of amides is 1. The molecule has 0 saturated heterocycles. The Morgan fingerprint density at radius 1 is 1.55 bits per heavy atom. The Balaban J connectivity index is 1.89. The topological polar surface area (TPSA) is 62.5 Å². The first-order chi connectivity index (χ1) is 9.34. The van der Waals surface area contributed by atoms with Crippen LogP contribution in [-0.2, 0) is 4.79 Å². The number of hydrogen-bond acceptors (Lipinski definition) is 3. The molecule has 1 aromatic heterocycles. The van der Waals surface area contributed by atoms with Gasteiger partial charge in [0.2, 0.25) is 5.91 Å². The van der Waals surface area contributed by atoms with Crippen molar-refractivity contribution in [3.05, 3.63) is 35.8 Å². The molecule has 1 heterocycles. The highest BCUT2D eigenvalue weighted by molar-refractivity contribution is 5.83. The molecule has 1 saturated carbocycles. The van der Waals surface area contributed by atoms with Gasteiger partial charge < -0.3 is 14.8 Å². The molecule has 0 radical (unpaired) electrons. The van der Waals surface area contributed by atoms with Crippen molar-refractivity contribution >= 4 is 5.91 Å². The van der Waals surface area contributed by atoms with Gasteiger partial charge in [0.15, 0.2) is 0 Å². The Bertz CT molecular complexity index is 498. The van der Waals surface area contributed by atoms with E-state index >= 15 is 0 Å². The van der Waals surface area contributed by atoms with Gasteiger partial charge in [0.1, 0.15) is 11.9 Å². The molecule has 3 unspecified atom stereocenters. The molecule has 110 valence electrons. The molecule has 4 heteroatoms. The third-order valence-corrected chi connectivity index (χ3v) is 4.05. The SMILES string of the molecule is CC(C)=CC1C(C(=O)NCC(O)c2ccco2)C1(C)C. The molecule has 2 rings (SSSR count). The molecule has 0 spiro atoms. The monoisotopic (exact) mass is 277 g/mol. The molecule has 1 amide bonds. The van der Waals surface area contributed by atoms with Crippen molar-refractivity contribution in [2.45, 2.75) is 33.8 Å². The quantitative estimate of drug-likeness (QED) is 0.813. The Morgan fingerprint density at radius 3 is 2.80 bits per heavy atom. The lowest BCUT2D eigenvalue weighted by Crippen LogP contribution is -2.30.